The summed E-state index contributed by atoms with van der Waals surface area (Å²) in [4.78, 5) is 4.23. The smallest absolute Gasteiger partial charge is 0.140 e. The molecule has 1 heterocycles. The van der Waals surface area contributed by atoms with Crippen LogP contribution >= 0.6 is 0 Å². The summed E-state index contributed by atoms with van der Waals surface area (Å²) in [5, 5.41) is 16.8. The van der Waals surface area contributed by atoms with E-state index in [4.69, 9.17) is 0 Å². The number of hydrogen-bond donors (Lipinski definition) is 2. The molecule has 1 rings (SSSR count). The predicted octanol–water partition coefficient (Wildman–Crippen LogP) is 1.18. The van der Waals surface area contributed by atoms with Crippen LogP contribution in [0.4, 0.5) is 0 Å². The van der Waals surface area contributed by atoms with Gasteiger partial charge in [-0.1, -0.05) is 20.8 Å². The van der Waals surface area contributed by atoms with Gasteiger partial charge in [0.15, 0.2) is 0 Å². The average Bonchev–Trinajstić information content (AvgIpc) is 2.72. The van der Waals surface area contributed by atoms with Crippen molar-refractivity contribution in [3.8, 4) is 0 Å². The molecule has 5 nitrogen and oxygen atoms in total. The molecule has 0 saturated heterocycles. The van der Waals surface area contributed by atoms with E-state index >= 15 is 0 Å². The molecule has 1 aromatic rings. The molecule has 0 aromatic carbocycles. The minimum Gasteiger partial charge on any atom is -0.395 e. The van der Waals surface area contributed by atoms with Crippen LogP contribution in [0, 0.1) is 5.92 Å². The van der Waals surface area contributed by atoms with Crippen molar-refractivity contribution in [2.75, 3.05) is 6.61 Å². The van der Waals surface area contributed by atoms with Gasteiger partial charge in [0.1, 0.15) is 12.2 Å². The Kier molecular flexibility index (Phi) is 6.15. The molecule has 98 valence electrons. The molecule has 5 heteroatoms. The van der Waals surface area contributed by atoms with Crippen molar-refractivity contribution >= 4 is 0 Å². The van der Waals surface area contributed by atoms with Gasteiger partial charge >= 0.3 is 0 Å². The van der Waals surface area contributed by atoms with Gasteiger partial charge in [-0.25, -0.2) is 9.67 Å². The SMILES string of the molecule is CCCn1ncnc1CNC(CO)CC(C)C. The van der Waals surface area contributed by atoms with Crippen LogP contribution in [0.15, 0.2) is 6.33 Å². The third-order valence-corrected chi connectivity index (χ3v) is 2.66. The Morgan fingerprint density at radius 3 is 2.82 bits per heavy atom. The maximum Gasteiger partial charge on any atom is 0.140 e. The molecule has 1 atom stereocenters. The van der Waals surface area contributed by atoms with Gasteiger partial charge < -0.3 is 10.4 Å². The van der Waals surface area contributed by atoms with Gasteiger partial charge in [-0.2, -0.15) is 5.10 Å². The fourth-order valence-corrected chi connectivity index (χ4v) is 1.85. The normalized spacial score (nSPS) is 13.2. The van der Waals surface area contributed by atoms with Crippen LogP contribution in [0.5, 0.6) is 0 Å². The van der Waals surface area contributed by atoms with E-state index in [9.17, 15) is 5.11 Å². The molecule has 17 heavy (non-hydrogen) atoms. The predicted molar refractivity (Wildman–Crippen MR) is 67.5 cm³/mol. The lowest BCUT2D eigenvalue weighted by molar-refractivity contribution is 0.222. The van der Waals surface area contributed by atoms with E-state index in [0.717, 1.165) is 25.2 Å². The van der Waals surface area contributed by atoms with Gasteiger partial charge in [-0.3, -0.25) is 0 Å². The van der Waals surface area contributed by atoms with E-state index in [1.807, 2.05) is 4.68 Å². The molecule has 2 N–H and O–H groups in total. The molecule has 0 radical (unpaired) electrons. The molecule has 0 aliphatic carbocycles. The largest absolute Gasteiger partial charge is 0.395 e. The van der Waals surface area contributed by atoms with Crippen molar-refractivity contribution in [3.63, 3.8) is 0 Å². The van der Waals surface area contributed by atoms with E-state index in [1.165, 1.54) is 0 Å². The molecular weight excluding hydrogens is 216 g/mol. The average molecular weight is 240 g/mol. The minimum atomic E-state index is 0.141. The highest BCUT2D eigenvalue weighted by atomic mass is 16.3. The molecule has 1 aromatic heterocycles. The standard InChI is InChI=1S/C12H24N4O/c1-4-5-16-12(14-9-15-16)7-13-11(8-17)6-10(2)3/h9-11,13,17H,4-8H2,1-3H3. The number of aliphatic hydroxyl groups excluding tert-OH is 1. The van der Waals surface area contributed by atoms with E-state index < -0.39 is 0 Å². The maximum absolute atomic E-state index is 9.27. The number of hydrogen-bond acceptors (Lipinski definition) is 4. The lowest BCUT2D eigenvalue weighted by Crippen LogP contribution is -2.34. The Bertz CT molecular complexity index is 311. The Labute approximate surface area is 103 Å². The van der Waals surface area contributed by atoms with Gasteiger partial charge in [-0.15, -0.1) is 0 Å². The second-order valence-corrected chi connectivity index (χ2v) is 4.79. The number of nitrogens with one attached hydrogen (secondary N) is 1. The van der Waals surface area contributed by atoms with Crippen LogP contribution in [0.3, 0.4) is 0 Å². The summed E-state index contributed by atoms with van der Waals surface area (Å²) in [6.07, 6.45) is 3.60. The number of nitrogens with zero attached hydrogens (tertiary/aromatic N) is 3. The fraction of sp³-hybridized carbons (Fsp3) is 0.833. The van der Waals surface area contributed by atoms with Crippen molar-refractivity contribution < 1.29 is 5.11 Å². The molecule has 0 amide bonds. The zero-order valence-corrected chi connectivity index (χ0v) is 11.1. The van der Waals surface area contributed by atoms with Crippen LogP contribution in [0.25, 0.3) is 0 Å². The van der Waals surface area contributed by atoms with Crippen molar-refractivity contribution in [1.82, 2.24) is 20.1 Å². The van der Waals surface area contributed by atoms with Crippen LogP contribution < -0.4 is 5.32 Å². The monoisotopic (exact) mass is 240 g/mol. The van der Waals surface area contributed by atoms with Gasteiger partial charge in [0.05, 0.1) is 13.2 Å². The highest BCUT2D eigenvalue weighted by Gasteiger charge is 2.11. The molecule has 0 saturated carbocycles. The zero-order chi connectivity index (χ0) is 12.7. The second kappa shape index (κ2) is 7.40. The van der Waals surface area contributed by atoms with Crippen molar-refractivity contribution in [1.29, 1.82) is 0 Å². The first-order chi connectivity index (χ1) is 8.17. The minimum absolute atomic E-state index is 0.141. The summed E-state index contributed by atoms with van der Waals surface area (Å²) >= 11 is 0. The Morgan fingerprint density at radius 2 is 2.24 bits per heavy atom. The molecule has 0 aliphatic heterocycles. The quantitative estimate of drug-likeness (QED) is 0.716. The van der Waals surface area contributed by atoms with E-state index in [1.54, 1.807) is 6.33 Å². The zero-order valence-electron chi connectivity index (χ0n) is 11.1. The Hall–Kier alpha value is -0.940. The third-order valence-electron chi connectivity index (χ3n) is 2.66. The first-order valence-electron chi connectivity index (χ1n) is 6.38. The van der Waals surface area contributed by atoms with Crippen molar-refractivity contribution in [2.45, 2.75) is 52.7 Å². The first kappa shape index (κ1) is 14.1. The fourth-order valence-electron chi connectivity index (χ4n) is 1.85. The first-order valence-corrected chi connectivity index (χ1v) is 6.38. The van der Waals surface area contributed by atoms with Gasteiger partial charge in [0.25, 0.3) is 0 Å². The van der Waals surface area contributed by atoms with Crippen molar-refractivity contribution in [2.24, 2.45) is 5.92 Å². The summed E-state index contributed by atoms with van der Waals surface area (Å²) in [6, 6.07) is 0.141. The number of aliphatic hydroxyl groups is 1. The number of aromatic nitrogens is 3. The van der Waals surface area contributed by atoms with Gasteiger partial charge in [0.2, 0.25) is 0 Å². The van der Waals surface area contributed by atoms with E-state index in [0.29, 0.717) is 12.5 Å². The molecule has 0 spiro atoms. The molecule has 1 unspecified atom stereocenters. The lowest BCUT2D eigenvalue weighted by atomic mass is 10.0. The molecule has 0 bridgehead atoms. The third kappa shape index (κ3) is 4.83. The van der Waals surface area contributed by atoms with Crippen LogP contribution in [0.2, 0.25) is 0 Å². The highest BCUT2D eigenvalue weighted by molar-refractivity contribution is 4.85. The summed E-state index contributed by atoms with van der Waals surface area (Å²) in [7, 11) is 0. The van der Waals surface area contributed by atoms with E-state index in [2.05, 4.69) is 36.2 Å². The Balaban J connectivity index is 2.44. The molecule has 0 aliphatic rings. The van der Waals surface area contributed by atoms with Crippen LogP contribution in [0.1, 0.15) is 39.4 Å². The topological polar surface area (TPSA) is 63.0 Å². The van der Waals surface area contributed by atoms with E-state index in [-0.39, 0.29) is 12.6 Å². The van der Waals surface area contributed by atoms with Crippen LogP contribution in [-0.2, 0) is 13.1 Å². The second-order valence-electron chi connectivity index (χ2n) is 4.79. The molecule has 0 fully saturated rings. The van der Waals surface area contributed by atoms with Crippen molar-refractivity contribution in [3.05, 3.63) is 12.2 Å². The van der Waals surface area contributed by atoms with Crippen LogP contribution in [-0.4, -0.2) is 32.5 Å². The summed E-state index contributed by atoms with van der Waals surface area (Å²) in [5.74, 6) is 1.52. The highest BCUT2D eigenvalue weighted by Crippen LogP contribution is 2.05. The lowest BCUT2D eigenvalue weighted by Gasteiger charge is -2.18. The van der Waals surface area contributed by atoms with Gasteiger partial charge in [0, 0.05) is 12.6 Å². The Morgan fingerprint density at radius 1 is 1.47 bits per heavy atom. The number of aryl methyl sites for hydroxylation is 1. The maximum atomic E-state index is 9.27. The van der Waals surface area contributed by atoms with Gasteiger partial charge in [-0.05, 0) is 18.8 Å². The summed E-state index contributed by atoms with van der Waals surface area (Å²) in [5.41, 5.74) is 0. The molecular formula is C12H24N4O. The summed E-state index contributed by atoms with van der Waals surface area (Å²) in [6.45, 7) is 8.16. The summed E-state index contributed by atoms with van der Waals surface area (Å²) < 4.78 is 1.91. The number of rotatable bonds is 8.